The van der Waals surface area contributed by atoms with Gasteiger partial charge in [0.2, 0.25) is 0 Å². The van der Waals surface area contributed by atoms with Crippen LogP contribution in [0, 0.1) is 11.3 Å². The standard InChI is InChI=1S/C30H32N6O4/c1-20(37)21(2)40-25-15-26(28-24(16-31)18-33-36(28)19-25)23-9-10-27(32-17-23)34-11-13-35(14-12-34)30(38)29(39-3)22-7-5-4-6-8-22/h4-10,15,17-21,29,37H,11-14H2,1-3H3/t20?,21-,29+/m0/s1. The van der Waals surface area contributed by atoms with Crippen molar-refractivity contribution in [1.29, 1.82) is 5.26 Å². The molecule has 40 heavy (non-hydrogen) atoms. The Morgan fingerprint density at radius 1 is 1.07 bits per heavy atom. The van der Waals surface area contributed by atoms with Gasteiger partial charge in [0, 0.05) is 50.6 Å². The van der Waals surface area contributed by atoms with E-state index in [4.69, 9.17) is 14.5 Å². The maximum absolute atomic E-state index is 13.2. The SMILES string of the molecule is CO[C@@H](C(=O)N1CCN(c2ccc(-c3cc(O[C@@H](C)C(C)O)cn4ncc(C#N)c34)cn2)CC1)c1ccccc1. The lowest BCUT2D eigenvalue weighted by atomic mass is 10.0. The molecular formula is C30H32N6O4. The van der Waals surface area contributed by atoms with E-state index in [-0.39, 0.29) is 5.91 Å². The number of aromatic nitrogens is 3. The molecular weight excluding hydrogens is 508 g/mol. The van der Waals surface area contributed by atoms with Gasteiger partial charge in [-0.15, -0.1) is 0 Å². The summed E-state index contributed by atoms with van der Waals surface area (Å²) in [6.45, 7) is 5.89. The Kier molecular flexibility index (Phi) is 7.96. The number of fused-ring (bicyclic) bond motifs is 1. The molecule has 5 rings (SSSR count). The Hall–Kier alpha value is -4.46. The molecule has 1 amide bonds. The van der Waals surface area contributed by atoms with Crippen molar-refractivity contribution in [3.05, 3.63) is 78.2 Å². The van der Waals surface area contributed by atoms with Crippen molar-refractivity contribution in [2.24, 2.45) is 0 Å². The van der Waals surface area contributed by atoms with Crippen LogP contribution in [0.15, 0.2) is 67.1 Å². The Labute approximate surface area is 233 Å². The van der Waals surface area contributed by atoms with E-state index in [1.165, 1.54) is 6.20 Å². The summed E-state index contributed by atoms with van der Waals surface area (Å²) in [6, 6.07) is 17.5. The number of aliphatic hydroxyl groups is 1. The van der Waals surface area contributed by atoms with E-state index >= 15 is 0 Å². The van der Waals surface area contributed by atoms with Gasteiger partial charge in [0.1, 0.15) is 23.7 Å². The molecule has 1 aromatic carbocycles. The van der Waals surface area contributed by atoms with Crippen LogP contribution in [0.4, 0.5) is 5.82 Å². The second-order valence-corrected chi connectivity index (χ2v) is 9.86. The highest BCUT2D eigenvalue weighted by atomic mass is 16.5. The lowest BCUT2D eigenvalue weighted by Gasteiger charge is -2.36. The summed E-state index contributed by atoms with van der Waals surface area (Å²) in [4.78, 5) is 21.9. The van der Waals surface area contributed by atoms with E-state index in [0.29, 0.717) is 43.0 Å². The van der Waals surface area contributed by atoms with Gasteiger partial charge in [-0.05, 0) is 37.6 Å². The van der Waals surface area contributed by atoms with Crippen LogP contribution in [-0.2, 0) is 9.53 Å². The monoisotopic (exact) mass is 540 g/mol. The van der Waals surface area contributed by atoms with Gasteiger partial charge in [0.25, 0.3) is 5.91 Å². The molecule has 1 aliphatic heterocycles. The second kappa shape index (κ2) is 11.7. The average Bonchev–Trinajstić information content (AvgIpc) is 3.41. The number of rotatable bonds is 8. The van der Waals surface area contributed by atoms with Crippen LogP contribution in [-0.4, -0.2) is 76.0 Å². The van der Waals surface area contributed by atoms with Crippen LogP contribution in [0.3, 0.4) is 0 Å². The van der Waals surface area contributed by atoms with Gasteiger partial charge >= 0.3 is 0 Å². The smallest absolute Gasteiger partial charge is 0.256 e. The number of piperazine rings is 1. The number of anilines is 1. The number of carbonyl (C=O) groups is 1. The molecule has 4 heterocycles. The summed E-state index contributed by atoms with van der Waals surface area (Å²) in [5.41, 5.74) is 3.51. The molecule has 0 aliphatic carbocycles. The number of carbonyl (C=O) groups excluding carboxylic acids is 1. The number of methoxy groups -OCH3 is 1. The minimum atomic E-state index is -0.651. The summed E-state index contributed by atoms with van der Waals surface area (Å²) in [5, 5.41) is 23.9. The van der Waals surface area contributed by atoms with Gasteiger partial charge in [-0.3, -0.25) is 4.79 Å². The molecule has 0 spiro atoms. The summed E-state index contributed by atoms with van der Waals surface area (Å²) < 4.78 is 13.1. The predicted octanol–water partition coefficient (Wildman–Crippen LogP) is 3.45. The van der Waals surface area contributed by atoms with Gasteiger partial charge in [0.05, 0.1) is 29.6 Å². The maximum atomic E-state index is 13.2. The van der Waals surface area contributed by atoms with E-state index in [0.717, 1.165) is 22.5 Å². The van der Waals surface area contributed by atoms with Crippen molar-refractivity contribution in [3.8, 4) is 22.9 Å². The van der Waals surface area contributed by atoms with Crippen molar-refractivity contribution in [1.82, 2.24) is 19.5 Å². The number of pyridine rings is 2. The number of hydrogen-bond acceptors (Lipinski definition) is 8. The molecule has 0 saturated carbocycles. The number of ether oxygens (including phenoxy) is 2. The predicted molar refractivity (Wildman–Crippen MR) is 150 cm³/mol. The van der Waals surface area contributed by atoms with E-state index in [1.807, 2.05) is 53.4 Å². The maximum Gasteiger partial charge on any atom is 0.256 e. The van der Waals surface area contributed by atoms with Crippen LogP contribution in [0.25, 0.3) is 16.6 Å². The molecule has 1 aliphatic rings. The average molecular weight is 541 g/mol. The first kappa shape index (κ1) is 27.1. The lowest BCUT2D eigenvalue weighted by Crippen LogP contribution is -2.50. The zero-order valence-corrected chi connectivity index (χ0v) is 22.8. The number of benzene rings is 1. The second-order valence-electron chi connectivity index (χ2n) is 9.86. The molecule has 0 radical (unpaired) electrons. The molecule has 206 valence electrons. The molecule has 1 unspecified atom stereocenters. The normalized spacial score (nSPS) is 15.9. The third-order valence-electron chi connectivity index (χ3n) is 7.24. The Balaban J connectivity index is 1.32. The number of hydrogen-bond donors (Lipinski definition) is 1. The molecule has 4 aromatic rings. The fraction of sp³-hybridized carbons (Fsp3) is 0.333. The zero-order valence-electron chi connectivity index (χ0n) is 22.8. The van der Waals surface area contributed by atoms with Crippen LogP contribution in [0.2, 0.25) is 0 Å². The quantitative estimate of drug-likeness (QED) is 0.361. The first-order chi connectivity index (χ1) is 19.4. The van der Waals surface area contributed by atoms with E-state index in [1.54, 1.807) is 37.9 Å². The fourth-order valence-corrected chi connectivity index (χ4v) is 4.84. The summed E-state index contributed by atoms with van der Waals surface area (Å²) in [6.07, 6.45) is 3.31. The van der Waals surface area contributed by atoms with E-state index in [9.17, 15) is 15.2 Å². The van der Waals surface area contributed by atoms with Gasteiger partial charge in [0.15, 0.2) is 6.10 Å². The Morgan fingerprint density at radius 2 is 1.82 bits per heavy atom. The van der Waals surface area contributed by atoms with E-state index < -0.39 is 18.3 Å². The molecule has 3 aromatic heterocycles. The summed E-state index contributed by atoms with van der Waals surface area (Å²) >= 11 is 0. The first-order valence-corrected chi connectivity index (χ1v) is 13.2. The number of nitriles is 1. The first-order valence-electron chi connectivity index (χ1n) is 13.2. The highest BCUT2D eigenvalue weighted by molar-refractivity contribution is 5.85. The molecule has 10 nitrogen and oxygen atoms in total. The minimum Gasteiger partial charge on any atom is -0.486 e. The van der Waals surface area contributed by atoms with Crippen LogP contribution in [0.5, 0.6) is 5.75 Å². The molecule has 10 heteroatoms. The number of nitrogens with zero attached hydrogens (tertiary/aromatic N) is 6. The van der Waals surface area contributed by atoms with Crippen molar-refractivity contribution in [2.75, 3.05) is 38.2 Å². The fourth-order valence-electron chi connectivity index (χ4n) is 4.84. The molecule has 1 fully saturated rings. The topological polar surface area (TPSA) is 116 Å². The highest BCUT2D eigenvalue weighted by Crippen LogP contribution is 2.32. The van der Waals surface area contributed by atoms with Crippen molar-refractivity contribution >= 4 is 17.2 Å². The van der Waals surface area contributed by atoms with Crippen LogP contribution < -0.4 is 9.64 Å². The molecule has 1 saturated heterocycles. The molecule has 3 atom stereocenters. The van der Waals surface area contributed by atoms with Gasteiger partial charge < -0.3 is 24.4 Å². The third kappa shape index (κ3) is 5.47. The Bertz CT molecular complexity index is 1510. The van der Waals surface area contributed by atoms with Crippen LogP contribution >= 0.6 is 0 Å². The highest BCUT2D eigenvalue weighted by Gasteiger charge is 2.29. The molecule has 1 N–H and O–H groups in total. The minimum absolute atomic E-state index is 0.0400. The van der Waals surface area contributed by atoms with Gasteiger partial charge in [-0.25, -0.2) is 9.50 Å². The third-order valence-corrected chi connectivity index (χ3v) is 7.24. The van der Waals surface area contributed by atoms with Crippen LogP contribution in [0.1, 0.15) is 31.1 Å². The summed E-state index contributed by atoms with van der Waals surface area (Å²) in [5.74, 6) is 1.29. The van der Waals surface area contributed by atoms with Gasteiger partial charge in [-0.1, -0.05) is 30.3 Å². The van der Waals surface area contributed by atoms with Crippen molar-refractivity contribution in [3.63, 3.8) is 0 Å². The van der Waals surface area contributed by atoms with Crippen molar-refractivity contribution in [2.45, 2.75) is 32.2 Å². The number of aliphatic hydroxyl groups excluding tert-OH is 1. The zero-order chi connectivity index (χ0) is 28.2. The molecule has 0 bridgehead atoms. The summed E-state index contributed by atoms with van der Waals surface area (Å²) in [7, 11) is 1.56. The van der Waals surface area contributed by atoms with E-state index in [2.05, 4.69) is 16.1 Å². The Morgan fingerprint density at radius 3 is 2.45 bits per heavy atom. The number of amides is 1. The lowest BCUT2D eigenvalue weighted by molar-refractivity contribution is -0.142. The largest absolute Gasteiger partial charge is 0.486 e. The van der Waals surface area contributed by atoms with Gasteiger partial charge in [-0.2, -0.15) is 10.4 Å². The van der Waals surface area contributed by atoms with Crippen molar-refractivity contribution < 1.29 is 19.4 Å².